The monoisotopic (exact) mass is 249 g/mol. The molecule has 0 saturated carbocycles. The van der Waals surface area contributed by atoms with Crippen molar-refractivity contribution in [3.8, 4) is 5.75 Å². The Hall–Kier alpha value is -0.250. The molecule has 10 heavy (non-hydrogen) atoms. The van der Waals surface area contributed by atoms with Crippen molar-refractivity contribution in [2.75, 3.05) is 12.0 Å². The van der Waals surface area contributed by atoms with Crippen LogP contribution in [-0.2, 0) is 0 Å². The van der Waals surface area contributed by atoms with Crippen LogP contribution in [0.15, 0.2) is 24.3 Å². The minimum absolute atomic E-state index is 0.236. The summed E-state index contributed by atoms with van der Waals surface area (Å²) in [5.41, 5.74) is 0. The maximum atomic E-state index is 5.03. The van der Waals surface area contributed by atoms with E-state index in [-0.39, 0.29) is 21.2 Å². The summed E-state index contributed by atoms with van der Waals surface area (Å²) in [6.07, 6.45) is 0. The van der Waals surface area contributed by atoms with E-state index in [9.17, 15) is 0 Å². The van der Waals surface area contributed by atoms with Gasteiger partial charge in [-0.25, -0.2) is 0 Å². The molecular weight excluding hydrogens is 239 g/mol. The Morgan fingerprint density at radius 2 is 1.80 bits per heavy atom. The molecule has 0 saturated heterocycles. The summed E-state index contributed by atoms with van der Waals surface area (Å²) < 4.78 is 6.48. The summed E-state index contributed by atoms with van der Waals surface area (Å²) in [5, 5.41) is 0. The number of rotatable bonds is 2. The van der Waals surface area contributed by atoms with E-state index >= 15 is 0 Å². The number of methoxy groups -OCH3 is 1. The molecule has 0 aromatic heterocycles. The van der Waals surface area contributed by atoms with Gasteiger partial charge in [0.15, 0.2) is 0 Å². The molecule has 0 spiro atoms. The van der Waals surface area contributed by atoms with Crippen molar-refractivity contribution in [2.45, 2.75) is 0 Å². The van der Waals surface area contributed by atoms with Gasteiger partial charge in [0, 0.05) is 0 Å². The van der Waals surface area contributed by atoms with Crippen molar-refractivity contribution in [3.05, 3.63) is 27.8 Å². The number of halogens is 1. The number of benzene rings is 1. The molecule has 0 fully saturated rings. The molecule has 0 aliphatic rings. The van der Waals surface area contributed by atoms with Crippen molar-refractivity contribution in [1.82, 2.24) is 0 Å². The first-order valence-electron chi connectivity index (χ1n) is 3.00. The van der Waals surface area contributed by atoms with Crippen LogP contribution < -0.4 is 25.9 Å². The Kier molecular flexibility index (Phi) is 2.99. The van der Waals surface area contributed by atoms with Crippen LogP contribution in [0.5, 0.6) is 5.75 Å². The summed E-state index contributed by atoms with van der Waals surface area (Å²) >= 11 is 0.236. The van der Waals surface area contributed by atoms with Crippen LogP contribution in [0.1, 0.15) is 0 Å². The molecule has 1 rings (SSSR count). The Labute approximate surface area is 71.7 Å². The normalized spacial score (nSPS) is 9.80. The molecule has 2 heteroatoms. The molecule has 0 heterocycles. The average Bonchev–Trinajstić information content (AvgIpc) is 2.05. The Morgan fingerprint density at radius 3 is 2.20 bits per heavy atom. The summed E-state index contributed by atoms with van der Waals surface area (Å²) in [6.45, 7) is 0. The summed E-state index contributed by atoms with van der Waals surface area (Å²) in [4.78, 5) is 2.25. The first-order valence-corrected chi connectivity index (χ1v) is 6.24. The molecular formula is C8H10IO-. The Morgan fingerprint density at radius 1 is 1.20 bits per heavy atom. The molecule has 1 nitrogen and oxygen atoms in total. The topological polar surface area (TPSA) is 9.23 Å². The van der Waals surface area contributed by atoms with Crippen LogP contribution in [0.2, 0.25) is 0 Å². The predicted octanol–water partition coefficient (Wildman–Crippen LogP) is -1.42. The van der Waals surface area contributed by atoms with Gasteiger partial charge in [-0.15, -0.1) is 0 Å². The van der Waals surface area contributed by atoms with Crippen LogP contribution in [0.4, 0.5) is 0 Å². The maximum absolute atomic E-state index is 5.03. The molecule has 1 aromatic carbocycles. The van der Waals surface area contributed by atoms with Gasteiger partial charge in [0.2, 0.25) is 0 Å². The Bertz CT molecular complexity index is 170. The van der Waals surface area contributed by atoms with Crippen LogP contribution in [0, 0.1) is 3.57 Å². The fourth-order valence-corrected chi connectivity index (χ4v) is 1.78. The zero-order chi connectivity index (χ0) is 7.40. The van der Waals surface area contributed by atoms with Crippen LogP contribution >= 0.6 is 0 Å². The summed E-state index contributed by atoms with van der Waals surface area (Å²) in [7, 11) is 1.69. The van der Waals surface area contributed by atoms with E-state index in [0.717, 1.165) is 5.75 Å². The third-order valence-electron chi connectivity index (χ3n) is 1.27. The molecule has 0 unspecified atom stereocenters. The molecule has 0 amide bonds. The minimum atomic E-state index is 0.236. The molecule has 0 aliphatic heterocycles. The van der Waals surface area contributed by atoms with Crippen LogP contribution in [0.25, 0.3) is 0 Å². The number of ether oxygens (including phenoxy) is 1. The van der Waals surface area contributed by atoms with Crippen molar-refractivity contribution < 1.29 is 25.9 Å². The first-order chi connectivity index (χ1) is 4.86. The van der Waals surface area contributed by atoms with Crippen LogP contribution in [0.3, 0.4) is 0 Å². The Balaban J connectivity index is 2.80. The molecule has 0 bridgehead atoms. The first kappa shape index (κ1) is 7.85. The van der Waals surface area contributed by atoms with Crippen molar-refractivity contribution >= 4 is 0 Å². The van der Waals surface area contributed by atoms with Gasteiger partial charge in [0.1, 0.15) is 0 Å². The summed E-state index contributed by atoms with van der Waals surface area (Å²) in [5.74, 6) is 0.946. The third kappa shape index (κ3) is 1.87. The number of alkyl halides is 1. The fraction of sp³-hybridized carbons (Fsp3) is 0.250. The van der Waals surface area contributed by atoms with Gasteiger partial charge in [0.25, 0.3) is 0 Å². The van der Waals surface area contributed by atoms with Gasteiger partial charge in [-0.2, -0.15) is 0 Å². The SMILES string of the molecule is COc1ccc([I-]C)cc1. The van der Waals surface area contributed by atoms with Crippen molar-refractivity contribution in [1.29, 1.82) is 0 Å². The molecule has 0 radical (unpaired) electrons. The van der Waals surface area contributed by atoms with Gasteiger partial charge in [-0.05, 0) is 0 Å². The van der Waals surface area contributed by atoms with Gasteiger partial charge in [-0.3, -0.25) is 0 Å². The van der Waals surface area contributed by atoms with Gasteiger partial charge < -0.3 is 0 Å². The molecule has 0 aliphatic carbocycles. The van der Waals surface area contributed by atoms with E-state index in [1.165, 1.54) is 3.57 Å². The second-order valence-electron chi connectivity index (χ2n) is 1.85. The zero-order valence-corrected chi connectivity index (χ0v) is 8.25. The molecule has 1 aromatic rings. The molecule has 0 atom stereocenters. The van der Waals surface area contributed by atoms with E-state index in [0.29, 0.717) is 0 Å². The zero-order valence-electron chi connectivity index (χ0n) is 6.10. The average molecular weight is 249 g/mol. The third-order valence-corrected chi connectivity index (χ3v) is 3.23. The van der Waals surface area contributed by atoms with Crippen LogP contribution in [-0.4, -0.2) is 12.0 Å². The summed E-state index contributed by atoms with van der Waals surface area (Å²) in [6, 6.07) is 8.29. The second-order valence-corrected chi connectivity index (χ2v) is 4.17. The van der Waals surface area contributed by atoms with Gasteiger partial charge >= 0.3 is 71.6 Å². The quantitative estimate of drug-likeness (QED) is 0.462. The van der Waals surface area contributed by atoms with E-state index in [1.807, 2.05) is 12.1 Å². The van der Waals surface area contributed by atoms with E-state index < -0.39 is 0 Å². The van der Waals surface area contributed by atoms with Crippen molar-refractivity contribution in [2.24, 2.45) is 0 Å². The predicted molar refractivity (Wildman–Crippen MR) is 37.6 cm³/mol. The van der Waals surface area contributed by atoms with E-state index in [1.54, 1.807) is 7.11 Å². The van der Waals surface area contributed by atoms with Gasteiger partial charge in [0.05, 0.1) is 0 Å². The van der Waals surface area contributed by atoms with Gasteiger partial charge in [-0.1, -0.05) is 0 Å². The van der Waals surface area contributed by atoms with E-state index in [2.05, 4.69) is 17.1 Å². The molecule has 56 valence electrons. The molecule has 0 N–H and O–H groups in total. The van der Waals surface area contributed by atoms with E-state index in [4.69, 9.17) is 4.74 Å². The standard InChI is InChI=1S/C8H10IO/c1-9-7-3-5-8(10-2)6-4-7/h3-6H,1-2H3/q-1. The number of hydrogen-bond donors (Lipinski definition) is 0. The fourth-order valence-electron chi connectivity index (χ4n) is 0.697. The number of hydrogen-bond acceptors (Lipinski definition) is 1. The second kappa shape index (κ2) is 3.81. The van der Waals surface area contributed by atoms with Crippen molar-refractivity contribution in [3.63, 3.8) is 0 Å².